The molecule has 2 amide bonds. The zero-order valence-corrected chi connectivity index (χ0v) is 11.8. The van der Waals surface area contributed by atoms with Gasteiger partial charge in [0.25, 0.3) is 0 Å². The van der Waals surface area contributed by atoms with Gasteiger partial charge in [-0.25, -0.2) is 9.18 Å². The maximum atomic E-state index is 12.8. The Morgan fingerprint density at radius 2 is 1.90 bits per heavy atom. The minimum absolute atomic E-state index is 0.228. The molecule has 2 rings (SSSR count). The number of anilines is 1. The minimum Gasteiger partial charge on any atom is -0.326 e. The highest BCUT2D eigenvalue weighted by Crippen LogP contribution is 2.12. The number of rotatable bonds is 4. The van der Waals surface area contributed by atoms with E-state index in [4.69, 9.17) is 5.73 Å². The molecule has 0 saturated heterocycles. The predicted octanol–water partition coefficient (Wildman–Crippen LogP) is 2.95. The van der Waals surface area contributed by atoms with Gasteiger partial charge in [0.2, 0.25) is 0 Å². The van der Waals surface area contributed by atoms with Crippen molar-refractivity contribution in [1.29, 1.82) is 0 Å². The number of carbonyl (C=O) groups excluding carboxylic acids is 1. The lowest BCUT2D eigenvalue weighted by Crippen LogP contribution is -2.30. The summed E-state index contributed by atoms with van der Waals surface area (Å²) in [4.78, 5) is 13.6. The van der Waals surface area contributed by atoms with Crippen LogP contribution >= 0.6 is 0 Å². The van der Waals surface area contributed by atoms with E-state index >= 15 is 0 Å². The first-order valence-electron chi connectivity index (χ1n) is 6.64. The molecule has 0 bridgehead atoms. The number of nitrogens with one attached hydrogen (secondary N) is 1. The summed E-state index contributed by atoms with van der Waals surface area (Å²) in [5.74, 6) is -0.288. The van der Waals surface area contributed by atoms with Crippen LogP contribution in [-0.2, 0) is 13.1 Å². The van der Waals surface area contributed by atoms with Crippen LogP contribution in [0.3, 0.4) is 0 Å². The van der Waals surface area contributed by atoms with E-state index in [0.717, 1.165) is 11.1 Å². The second-order valence-electron chi connectivity index (χ2n) is 4.82. The van der Waals surface area contributed by atoms with Crippen molar-refractivity contribution in [3.05, 3.63) is 65.5 Å². The van der Waals surface area contributed by atoms with Gasteiger partial charge < -0.3 is 16.0 Å². The molecule has 0 spiro atoms. The zero-order chi connectivity index (χ0) is 15.2. The van der Waals surface area contributed by atoms with Crippen LogP contribution in [0.25, 0.3) is 0 Å². The van der Waals surface area contributed by atoms with Crippen molar-refractivity contribution < 1.29 is 9.18 Å². The summed E-state index contributed by atoms with van der Waals surface area (Å²) < 4.78 is 12.8. The highest BCUT2D eigenvalue weighted by molar-refractivity contribution is 5.89. The normalized spacial score (nSPS) is 10.2. The van der Waals surface area contributed by atoms with E-state index in [0.29, 0.717) is 18.8 Å². The quantitative estimate of drug-likeness (QED) is 0.908. The number of nitrogens with zero attached hydrogens (tertiary/aromatic N) is 1. The minimum atomic E-state index is -0.288. The van der Waals surface area contributed by atoms with Gasteiger partial charge in [-0.2, -0.15) is 0 Å². The number of benzene rings is 2. The summed E-state index contributed by atoms with van der Waals surface area (Å²) in [5.41, 5.74) is 8.09. The largest absolute Gasteiger partial charge is 0.326 e. The lowest BCUT2D eigenvalue weighted by atomic mass is 10.2. The third kappa shape index (κ3) is 4.29. The second kappa shape index (κ2) is 6.85. The summed E-state index contributed by atoms with van der Waals surface area (Å²) in [6.07, 6.45) is 0. The van der Waals surface area contributed by atoms with E-state index in [1.54, 1.807) is 19.2 Å². The first-order valence-corrected chi connectivity index (χ1v) is 6.64. The van der Waals surface area contributed by atoms with Crippen LogP contribution in [0, 0.1) is 5.82 Å². The van der Waals surface area contributed by atoms with Crippen molar-refractivity contribution in [2.24, 2.45) is 5.73 Å². The van der Waals surface area contributed by atoms with Crippen molar-refractivity contribution in [3.63, 3.8) is 0 Å². The maximum absolute atomic E-state index is 12.8. The number of nitrogens with two attached hydrogens (primary N) is 1. The molecule has 0 radical (unpaired) electrons. The van der Waals surface area contributed by atoms with Gasteiger partial charge in [0.15, 0.2) is 0 Å². The van der Waals surface area contributed by atoms with Gasteiger partial charge >= 0.3 is 6.03 Å². The fourth-order valence-electron chi connectivity index (χ4n) is 1.93. The molecule has 0 heterocycles. The van der Waals surface area contributed by atoms with Crippen LogP contribution in [0.1, 0.15) is 11.1 Å². The summed E-state index contributed by atoms with van der Waals surface area (Å²) in [6, 6.07) is 13.2. The SMILES string of the molecule is CN(Cc1ccc(F)cc1)C(=O)Nc1cccc(CN)c1. The Labute approximate surface area is 123 Å². The average molecular weight is 287 g/mol. The first-order chi connectivity index (χ1) is 10.1. The standard InChI is InChI=1S/C16H18FN3O/c1-20(11-12-5-7-14(17)8-6-12)16(21)19-15-4-2-3-13(9-15)10-18/h2-9H,10-11,18H2,1H3,(H,19,21). The Balaban J connectivity index is 1.97. The molecule has 0 atom stereocenters. The lowest BCUT2D eigenvalue weighted by Gasteiger charge is -2.18. The van der Waals surface area contributed by atoms with Crippen LogP contribution in [0.5, 0.6) is 0 Å². The molecule has 4 nitrogen and oxygen atoms in total. The number of amides is 2. The fourth-order valence-corrected chi connectivity index (χ4v) is 1.93. The molecule has 0 aliphatic heterocycles. The van der Waals surface area contributed by atoms with Gasteiger partial charge in [-0.3, -0.25) is 0 Å². The van der Waals surface area contributed by atoms with Crippen molar-refractivity contribution in [2.45, 2.75) is 13.1 Å². The Bertz CT molecular complexity index is 613. The predicted molar refractivity (Wildman–Crippen MR) is 81.2 cm³/mol. The average Bonchev–Trinajstić information content (AvgIpc) is 2.49. The van der Waals surface area contributed by atoms with Gasteiger partial charge in [0.05, 0.1) is 0 Å². The summed E-state index contributed by atoms with van der Waals surface area (Å²) >= 11 is 0. The van der Waals surface area contributed by atoms with E-state index in [1.165, 1.54) is 17.0 Å². The van der Waals surface area contributed by atoms with Crippen molar-refractivity contribution >= 4 is 11.7 Å². The molecule has 110 valence electrons. The zero-order valence-electron chi connectivity index (χ0n) is 11.8. The van der Waals surface area contributed by atoms with Crippen LogP contribution in [0.2, 0.25) is 0 Å². The summed E-state index contributed by atoms with van der Waals surface area (Å²) in [7, 11) is 1.69. The third-order valence-electron chi connectivity index (χ3n) is 3.09. The number of halogens is 1. The number of hydrogen-bond acceptors (Lipinski definition) is 2. The van der Waals surface area contributed by atoms with Gasteiger partial charge in [0.1, 0.15) is 5.82 Å². The van der Waals surface area contributed by atoms with Crippen LogP contribution < -0.4 is 11.1 Å². The third-order valence-corrected chi connectivity index (χ3v) is 3.09. The van der Waals surface area contributed by atoms with E-state index < -0.39 is 0 Å². The molecular weight excluding hydrogens is 269 g/mol. The molecule has 5 heteroatoms. The van der Waals surface area contributed by atoms with Crippen LogP contribution in [0.4, 0.5) is 14.9 Å². The molecule has 2 aromatic rings. The molecule has 0 unspecified atom stereocenters. The van der Waals surface area contributed by atoms with Gasteiger partial charge in [-0.15, -0.1) is 0 Å². The Hall–Kier alpha value is -2.40. The number of carbonyl (C=O) groups is 1. The molecule has 0 saturated carbocycles. The molecule has 0 fully saturated rings. The molecule has 0 aromatic heterocycles. The Morgan fingerprint density at radius 3 is 2.57 bits per heavy atom. The van der Waals surface area contributed by atoms with E-state index in [1.807, 2.05) is 24.3 Å². The first kappa shape index (κ1) is 15.0. The molecule has 21 heavy (non-hydrogen) atoms. The molecule has 2 aromatic carbocycles. The van der Waals surface area contributed by atoms with E-state index in [9.17, 15) is 9.18 Å². The molecule has 3 N–H and O–H groups in total. The van der Waals surface area contributed by atoms with E-state index in [-0.39, 0.29) is 11.8 Å². The van der Waals surface area contributed by atoms with Crippen molar-refractivity contribution in [3.8, 4) is 0 Å². The summed E-state index contributed by atoms with van der Waals surface area (Å²) in [5, 5.41) is 2.81. The van der Waals surface area contributed by atoms with Crippen molar-refractivity contribution in [1.82, 2.24) is 4.90 Å². The monoisotopic (exact) mass is 287 g/mol. The lowest BCUT2D eigenvalue weighted by molar-refractivity contribution is 0.220. The maximum Gasteiger partial charge on any atom is 0.321 e. The molecule has 0 aliphatic carbocycles. The Morgan fingerprint density at radius 1 is 1.19 bits per heavy atom. The van der Waals surface area contributed by atoms with Gasteiger partial charge in [0, 0.05) is 25.8 Å². The molecular formula is C16H18FN3O. The van der Waals surface area contributed by atoms with Crippen LogP contribution in [0.15, 0.2) is 48.5 Å². The van der Waals surface area contributed by atoms with Gasteiger partial charge in [-0.05, 0) is 35.4 Å². The van der Waals surface area contributed by atoms with E-state index in [2.05, 4.69) is 5.32 Å². The smallest absolute Gasteiger partial charge is 0.321 e. The van der Waals surface area contributed by atoms with Crippen molar-refractivity contribution in [2.75, 3.05) is 12.4 Å². The van der Waals surface area contributed by atoms with Crippen LogP contribution in [-0.4, -0.2) is 18.0 Å². The van der Waals surface area contributed by atoms with Gasteiger partial charge in [-0.1, -0.05) is 24.3 Å². The topological polar surface area (TPSA) is 58.4 Å². The molecule has 0 aliphatic rings. The Kier molecular flexibility index (Phi) is 4.90. The highest BCUT2D eigenvalue weighted by Gasteiger charge is 2.09. The summed E-state index contributed by atoms with van der Waals surface area (Å²) in [6.45, 7) is 0.831. The fraction of sp³-hybridized carbons (Fsp3) is 0.188. The number of hydrogen-bond donors (Lipinski definition) is 2. The highest BCUT2D eigenvalue weighted by atomic mass is 19.1. The second-order valence-corrected chi connectivity index (χ2v) is 4.82. The number of urea groups is 1.